The Morgan fingerprint density at radius 1 is 1.03 bits per heavy atom. The lowest BCUT2D eigenvalue weighted by atomic mass is 9.98. The maximum Gasteiger partial charge on any atom is 0.269 e. The van der Waals surface area contributed by atoms with Crippen LogP contribution in [0.1, 0.15) is 42.1 Å². The number of sulfonamides is 1. The predicted molar refractivity (Wildman–Crippen MR) is 127 cm³/mol. The molecule has 1 aliphatic heterocycles. The van der Waals surface area contributed by atoms with Gasteiger partial charge in [-0.3, -0.25) is 20.4 Å². The van der Waals surface area contributed by atoms with Crippen molar-refractivity contribution in [3.05, 3.63) is 53.6 Å². The Hall–Kier alpha value is -3.11. The van der Waals surface area contributed by atoms with E-state index in [-0.39, 0.29) is 23.9 Å². The Morgan fingerprint density at radius 3 is 2.32 bits per heavy atom. The zero-order valence-corrected chi connectivity index (χ0v) is 20.5. The number of rotatable bonds is 8. The largest absolute Gasteiger partial charge is 0.493 e. The number of hydrazine groups is 1. The molecule has 0 unspecified atom stereocenters. The normalized spacial score (nSPS) is 14.9. The molecule has 0 radical (unpaired) electrons. The van der Waals surface area contributed by atoms with E-state index in [0.717, 1.165) is 12.0 Å². The van der Waals surface area contributed by atoms with Crippen molar-refractivity contribution in [2.45, 2.75) is 38.0 Å². The van der Waals surface area contributed by atoms with E-state index in [1.807, 2.05) is 13.8 Å². The summed E-state index contributed by atoms with van der Waals surface area (Å²) in [5.74, 6) is -0.278. The van der Waals surface area contributed by atoms with Gasteiger partial charge < -0.3 is 9.47 Å². The SMILES string of the molecule is CCCOc1ccc(C(=O)NNC(=O)C2CCN(S(=O)(=O)c3ccc(C)cc3)CC2)cc1OC. The number of hydrogen-bond acceptors (Lipinski definition) is 6. The number of nitrogens with one attached hydrogen (secondary N) is 2. The van der Waals surface area contributed by atoms with Gasteiger partial charge >= 0.3 is 0 Å². The second-order valence-corrected chi connectivity index (χ2v) is 10.1. The number of carbonyl (C=O) groups is 2. The number of nitrogens with zero attached hydrogens (tertiary/aromatic N) is 1. The Kier molecular flexibility index (Phi) is 8.51. The number of benzene rings is 2. The first-order valence-corrected chi connectivity index (χ1v) is 12.7. The minimum absolute atomic E-state index is 0.235. The van der Waals surface area contributed by atoms with Crippen molar-refractivity contribution in [2.75, 3.05) is 26.8 Å². The van der Waals surface area contributed by atoms with Crippen LogP contribution in [0.15, 0.2) is 47.4 Å². The molecule has 2 aromatic rings. The second-order valence-electron chi connectivity index (χ2n) is 8.15. The summed E-state index contributed by atoms with van der Waals surface area (Å²) in [5, 5.41) is 0. The molecule has 0 atom stereocenters. The Bertz CT molecular complexity index is 1110. The molecule has 0 aromatic heterocycles. The highest BCUT2D eigenvalue weighted by atomic mass is 32.2. The summed E-state index contributed by atoms with van der Waals surface area (Å²) in [7, 11) is -2.11. The number of aryl methyl sites for hydroxylation is 1. The van der Waals surface area contributed by atoms with Crippen LogP contribution in [-0.4, -0.2) is 51.3 Å². The fourth-order valence-corrected chi connectivity index (χ4v) is 5.12. The molecular formula is C24H31N3O6S. The van der Waals surface area contributed by atoms with E-state index in [4.69, 9.17) is 9.47 Å². The van der Waals surface area contributed by atoms with Crippen LogP contribution in [-0.2, 0) is 14.8 Å². The first-order valence-electron chi connectivity index (χ1n) is 11.2. The lowest BCUT2D eigenvalue weighted by Gasteiger charge is -2.30. The molecule has 0 bridgehead atoms. The van der Waals surface area contributed by atoms with E-state index in [2.05, 4.69) is 10.9 Å². The van der Waals surface area contributed by atoms with Crippen LogP contribution in [0.3, 0.4) is 0 Å². The molecule has 2 N–H and O–H groups in total. The van der Waals surface area contributed by atoms with Gasteiger partial charge in [0.25, 0.3) is 5.91 Å². The van der Waals surface area contributed by atoms with Crippen LogP contribution < -0.4 is 20.3 Å². The minimum atomic E-state index is -3.60. The topological polar surface area (TPSA) is 114 Å². The van der Waals surface area contributed by atoms with Gasteiger partial charge in [-0.2, -0.15) is 4.31 Å². The summed E-state index contributed by atoms with van der Waals surface area (Å²) in [4.78, 5) is 25.3. The van der Waals surface area contributed by atoms with Gasteiger partial charge in [-0.15, -0.1) is 0 Å². The van der Waals surface area contributed by atoms with Crippen LogP contribution in [0.5, 0.6) is 11.5 Å². The lowest BCUT2D eigenvalue weighted by Crippen LogP contribution is -2.48. The van der Waals surface area contributed by atoms with Gasteiger partial charge in [0.05, 0.1) is 18.6 Å². The van der Waals surface area contributed by atoms with Crippen LogP contribution in [0.2, 0.25) is 0 Å². The van der Waals surface area contributed by atoms with Crippen molar-refractivity contribution < 1.29 is 27.5 Å². The van der Waals surface area contributed by atoms with Crippen molar-refractivity contribution >= 4 is 21.8 Å². The predicted octanol–water partition coefficient (Wildman–Crippen LogP) is 2.65. The minimum Gasteiger partial charge on any atom is -0.493 e. The van der Waals surface area contributed by atoms with Gasteiger partial charge in [0, 0.05) is 24.6 Å². The first kappa shape index (κ1) is 25.5. The second kappa shape index (κ2) is 11.3. The molecule has 0 saturated carbocycles. The summed E-state index contributed by atoms with van der Waals surface area (Å²) in [6, 6.07) is 11.5. The van der Waals surface area contributed by atoms with Gasteiger partial charge in [-0.05, 0) is 56.5 Å². The number of hydrogen-bond donors (Lipinski definition) is 2. The van der Waals surface area contributed by atoms with E-state index in [0.29, 0.717) is 36.5 Å². The van der Waals surface area contributed by atoms with Crippen LogP contribution in [0, 0.1) is 12.8 Å². The third-order valence-corrected chi connectivity index (χ3v) is 7.58. The quantitative estimate of drug-likeness (QED) is 0.551. The van der Waals surface area contributed by atoms with Crippen molar-refractivity contribution in [1.82, 2.24) is 15.2 Å². The van der Waals surface area contributed by atoms with Gasteiger partial charge in [-0.1, -0.05) is 24.6 Å². The summed E-state index contributed by atoms with van der Waals surface area (Å²) in [6.07, 6.45) is 1.57. The van der Waals surface area contributed by atoms with Crippen LogP contribution in [0.4, 0.5) is 0 Å². The molecule has 1 fully saturated rings. The highest BCUT2D eigenvalue weighted by Crippen LogP contribution is 2.28. The molecule has 184 valence electrons. The standard InChI is InChI=1S/C24H31N3O6S/c1-4-15-33-21-10-7-19(16-22(21)32-3)24(29)26-25-23(28)18-11-13-27(14-12-18)34(30,31)20-8-5-17(2)6-9-20/h5-10,16,18H,4,11-15H2,1-3H3,(H,25,28)(H,26,29). The zero-order chi connectivity index (χ0) is 24.7. The van der Waals surface area contributed by atoms with Crippen molar-refractivity contribution in [2.24, 2.45) is 5.92 Å². The molecule has 3 rings (SSSR count). The number of carbonyl (C=O) groups excluding carboxylic acids is 2. The molecule has 1 aliphatic rings. The van der Waals surface area contributed by atoms with Crippen molar-refractivity contribution in [3.8, 4) is 11.5 Å². The third-order valence-electron chi connectivity index (χ3n) is 5.67. The monoisotopic (exact) mass is 489 g/mol. The first-order chi connectivity index (χ1) is 16.3. The number of methoxy groups -OCH3 is 1. The zero-order valence-electron chi connectivity index (χ0n) is 19.7. The number of amides is 2. The maximum absolute atomic E-state index is 12.8. The van der Waals surface area contributed by atoms with Gasteiger partial charge in [-0.25, -0.2) is 8.42 Å². The summed E-state index contributed by atoms with van der Waals surface area (Å²) in [6.45, 7) is 4.89. The molecule has 1 heterocycles. The van der Waals surface area contributed by atoms with E-state index in [1.165, 1.54) is 11.4 Å². The highest BCUT2D eigenvalue weighted by Gasteiger charge is 2.32. The van der Waals surface area contributed by atoms with Gasteiger partial charge in [0.1, 0.15) is 0 Å². The number of ether oxygens (including phenoxy) is 2. The average Bonchev–Trinajstić information content (AvgIpc) is 2.86. The average molecular weight is 490 g/mol. The van der Waals surface area contributed by atoms with Gasteiger partial charge in [0.15, 0.2) is 11.5 Å². The van der Waals surface area contributed by atoms with Crippen molar-refractivity contribution in [1.29, 1.82) is 0 Å². The highest BCUT2D eigenvalue weighted by molar-refractivity contribution is 7.89. The molecule has 2 amide bonds. The van der Waals surface area contributed by atoms with Crippen LogP contribution >= 0.6 is 0 Å². The molecule has 0 aliphatic carbocycles. The van der Waals surface area contributed by atoms with Crippen LogP contribution in [0.25, 0.3) is 0 Å². The number of piperidine rings is 1. The summed E-state index contributed by atoms with van der Waals surface area (Å²) >= 11 is 0. The maximum atomic E-state index is 12.8. The molecule has 1 saturated heterocycles. The van der Waals surface area contributed by atoms with Crippen molar-refractivity contribution in [3.63, 3.8) is 0 Å². The van der Waals surface area contributed by atoms with E-state index in [1.54, 1.807) is 42.5 Å². The fourth-order valence-electron chi connectivity index (χ4n) is 3.65. The summed E-state index contributed by atoms with van der Waals surface area (Å²) in [5.41, 5.74) is 6.15. The van der Waals surface area contributed by atoms with E-state index >= 15 is 0 Å². The van der Waals surface area contributed by atoms with E-state index < -0.39 is 21.8 Å². The Labute approximate surface area is 200 Å². The fraction of sp³-hybridized carbons (Fsp3) is 0.417. The summed E-state index contributed by atoms with van der Waals surface area (Å²) < 4.78 is 37.9. The Morgan fingerprint density at radius 2 is 1.71 bits per heavy atom. The third kappa shape index (κ3) is 6.06. The lowest BCUT2D eigenvalue weighted by molar-refractivity contribution is -0.126. The molecule has 2 aromatic carbocycles. The molecule has 0 spiro atoms. The van der Waals surface area contributed by atoms with E-state index in [9.17, 15) is 18.0 Å². The molecule has 9 nitrogen and oxygen atoms in total. The molecular weight excluding hydrogens is 458 g/mol. The molecule has 10 heteroatoms. The van der Waals surface area contributed by atoms with Gasteiger partial charge in [0.2, 0.25) is 15.9 Å². The smallest absolute Gasteiger partial charge is 0.269 e. The molecule has 34 heavy (non-hydrogen) atoms. The Balaban J connectivity index is 1.52.